The van der Waals surface area contributed by atoms with Crippen LogP contribution in [-0.2, 0) is 6.42 Å². The number of hydrogen-bond acceptors (Lipinski definition) is 2. The number of hydrogen-bond donors (Lipinski definition) is 2. The van der Waals surface area contributed by atoms with Crippen LogP contribution >= 0.6 is 15.9 Å². The third kappa shape index (κ3) is 4.44. The van der Waals surface area contributed by atoms with Gasteiger partial charge >= 0.3 is 6.18 Å². The molecule has 1 aromatic carbocycles. The van der Waals surface area contributed by atoms with Gasteiger partial charge in [-0.15, -0.1) is 0 Å². The van der Waals surface area contributed by atoms with Crippen molar-refractivity contribution in [1.29, 1.82) is 0 Å². The number of alkyl halides is 3. The zero-order valence-corrected chi connectivity index (χ0v) is 13.3. The molecule has 0 amide bonds. The summed E-state index contributed by atoms with van der Waals surface area (Å²) in [6, 6.07) is 7.61. The van der Waals surface area contributed by atoms with Crippen molar-refractivity contribution in [1.82, 2.24) is 5.43 Å². The van der Waals surface area contributed by atoms with E-state index >= 15 is 0 Å². The predicted molar refractivity (Wildman–Crippen MR) is 80.5 cm³/mol. The highest BCUT2D eigenvalue weighted by Crippen LogP contribution is 2.41. The van der Waals surface area contributed by atoms with E-state index in [1.54, 1.807) is 0 Å². The van der Waals surface area contributed by atoms with E-state index in [1.165, 1.54) is 0 Å². The van der Waals surface area contributed by atoms with Crippen LogP contribution in [0.5, 0.6) is 0 Å². The molecule has 3 atom stereocenters. The van der Waals surface area contributed by atoms with Gasteiger partial charge in [-0.05, 0) is 43.2 Å². The SMILES string of the molecule is NNC(Cc1ccccc1Br)C1CCCC(C(F)(F)F)C1. The van der Waals surface area contributed by atoms with Crippen LogP contribution in [0, 0.1) is 11.8 Å². The number of halogens is 4. The summed E-state index contributed by atoms with van der Waals surface area (Å²) in [7, 11) is 0. The maximum atomic E-state index is 12.9. The van der Waals surface area contributed by atoms with Crippen LogP contribution in [0.3, 0.4) is 0 Å². The van der Waals surface area contributed by atoms with Gasteiger partial charge < -0.3 is 0 Å². The van der Waals surface area contributed by atoms with Gasteiger partial charge in [0, 0.05) is 10.5 Å². The van der Waals surface area contributed by atoms with E-state index in [4.69, 9.17) is 5.84 Å². The molecule has 1 fully saturated rings. The monoisotopic (exact) mass is 364 g/mol. The number of benzene rings is 1. The van der Waals surface area contributed by atoms with Crippen LogP contribution in [0.15, 0.2) is 28.7 Å². The van der Waals surface area contributed by atoms with Gasteiger partial charge in [0.15, 0.2) is 0 Å². The molecule has 118 valence electrons. The molecule has 0 radical (unpaired) electrons. The van der Waals surface area contributed by atoms with Crippen LogP contribution in [0.2, 0.25) is 0 Å². The highest BCUT2D eigenvalue weighted by atomic mass is 79.9. The Morgan fingerprint density at radius 3 is 2.62 bits per heavy atom. The molecule has 3 unspecified atom stereocenters. The summed E-state index contributed by atoms with van der Waals surface area (Å²) in [5.41, 5.74) is 3.80. The molecule has 2 nitrogen and oxygen atoms in total. The molecule has 1 aliphatic rings. The highest BCUT2D eigenvalue weighted by molar-refractivity contribution is 9.10. The minimum atomic E-state index is -4.09. The molecule has 0 bridgehead atoms. The van der Waals surface area contributed by atoms with Crippen molar-refractivity contribution in [2.75, 3.05) is 0 Å². The molecule has 0 aromatic heterocycles. The van der Waals surface area contributed by atoms with E-state index in [-0.39, 0.29) is 24.8 Å². The Hall–Kier alpha value is -0.590. The largest absolute Gasteiger partial charge is 0.391 e. The molecular weight excluding hydrogens is 345 g/mol. The fraction of sp³-hybridized carbons (Fsp3) is 0.600. The van der Waals surface area contributed by atoms with Crippen molar-refractivity contribution in [2.45, 2.75) is 44.3 Å². The van der Waals surface area contributed by atoms with E-state index in [2.05, 4.69) is 21.4 Å². The standard InChI is InChI=1S/C15H20BrF3N2/c16-13-7-2-1-4-10(13)9-14(21-20)11-5-3-6-12(8-11)15(17,18)19/h1-2,4,7,11-12,14,21H,3,5-6,8-9,20H2. The lowest BCUT2D eigenvalue weighted by molar-refractivity contribution is -0.186. The lowest BCUT2D eigenvalue weighted by Gasteiger charge is -2.35. The number of nitrogens with two attached hydrogens (primary N) is 1. The highest BCUT2D eigenvalue weighted by Gasteiger charge is 2.43. The van der Waals surface area contributed by atoms with Crippen LogP contribution in [0.25, 0.3) is 0 Å². The normalized spacial score (nSPS) is 24.8. The number of nitrogens with one attached hydrogen (secondary N) is 1. The van der Waals surface area contributed by atoms with Crippen LogP contribution in [0.1, 0.15) is 31.2 Å². The van der Waals surface area contributed by atoms with Gasteiger partial charge in [0.2, 0.25) is 0 Å². The van der Waals surface area contributed by atoms with E-state index < -0.39 is 12.1 Å². The molecular formula is C15H20BrF3N2. The summed E-state index contributed by atoms with van der Waals surface area (Å²) < 4.78 is 39.7. The summed E-state index contributed by atoms with van der Waals surface area (Å²) in [4.78, 5) is 0. The molecule has 1 aromatic rings. The van der Waals surface area contributed by atoms with E-state index in [1.807, 2.05) is 24.3 Å². The average molecular weight is 365 g/mol. The first-order valence-corrected chi connectivity index (χ1v) is 7.97. The quantitative estimate of drug-likeness (QED) is 0.620. The van der Waals surface area contributed by atoms with Gasteiger partial charge in [0.05, 0.1) is 5.92 Å². The zero-order chi connectivity index (χ0) is 15.5. The first-order valence-electron chi connectivity index (χ1n) is 7.18. The van der Waals surface area contributed by atoms with Crippen molar-refractivity contribution in [3.8, 4) is 0 Å². The van der Waals surface area contributed by atoms with E-state index in [0.29, 0.717) is 12.8 Å². The molecule has 2 rings (SSSR count). The summed E-state index contributed by atoms with van der Waals surface area (Å²) in [6.07, 6.45) is -1.64. The molecule has 0 aliphatic heterocycles. The third-order valence-electron chi connectivity index (χ3n) is 4.36. The Balaban J connectivity index is 2.05. The molecule has 3 N–H and O–H groups in total. The van der Waals surface area contributed by atoms with Gasteiger partial charge in [-0.25, -0.2) is 0 Å². The minimum absolute atomic E-state index is 0.0394. The van der Waals surface area contributed by atoms with Crippen molar-refractivity contribution in [2.24, 2.45) is 17.7 Å². The van der Waals surface area contributed by atoms with Crippen molar-refractivity contribution < 1.29 is 13.2 Å². The maximum absolute atomic E-state index is 12.9. The second-order valence-electron chi connectivity index (χ2n) is 5.73. The van der Waals surface area contributed by atoms with Gasteiger partial charge in [-0.2, -0.15) is 13.2 Å². The molecule has 1 saturated carbocycles. The van der Waals surface area contributed by atoms with Gasteiger partial charge in [0.1, 0.15) is 0 Å². The van der Waals surface area contributed by atoms with Gasteiger partial charge in [-0.3, -0.25) is 11.3 Å². The van der Waals surface area contributed by atoms with Crippen molar-refractivity contribution in [3.63, 3.8) is 0 Å². The number of hydrazine groups is 1. The first-order chi connectivity index (χ1) is 9.91. The predicted octanol–water partition coefficient (Wildman–Crippen LogP) is 4.19. The minimum Gasteiger partial charge on any atom is -0.271 e. The van der Waals surface area contributed by atoms with Crippen molar-refractivity contribution in [3.05, 3.63) is 34.3 Å². The fourth-order valence-corrected chi connectivity index (χ4v) is 3.60. The Morgan fingerprint density at radius 2 is 2.00 bits per heavy atom. The Bertz CT molecular complexity index is 464. The third-order valence-corrected chi connectivity index (χ3v) is 5.13. The first kappa shape index (κ1) is 16.8. The van der Waals surface area contributed by atoms with Gasteiger partial charge in [0.25, 0.3) is 0 Å². The Morgan fingerprint density at radius 1 is 1.29 bits per heavy atom. The topological polar surface area (TPSA) is 38.0 Å². The summed E-state index contributed by atoms with van der Waals surface area (Å²) >= 11 is 3.47. The Labute approximate surface area is 131 Å². The Kier molecular flexibility index (Phi) is 5.68. The second-order valence-corrected chi connectivity index (χ2v) is 6.59. The average Bonchev–Trinajstić information content (AvgIpc) is 2.46. The fourth-order valence-electron chi connectivity index (χ4n) is 3.15. The summed E-state index contributed by atoms with van der Waals surface area (Å²) in [5.74, 6) is 4.38. The molecule has 0 saturated heterocycles. The molecule has 1 aliphatic carbocycles. The van der Waals surface area contributed by atoms with Crippen LogP contribution < -0.4 is 11.3 Å². The zero-order valence-electron chi connectivity index (χ0n) is 11.7. The number of rotatable bonds is 4. The second kappa shape index (κ2) is 7.11. The molecule has 21 heavy (non-hydrogen) atoms. The van der Waals surface area contributed by atoms with Crippen LogP contribution in [-0.4, -0.2) is 12.2 Å². The lowest BCUT2D eigenvalue weighted by Crippen LogP contribution is -2.45. The summed E-state index contributed by atoms with van der Waals surface area (Å²) in [6.45, 7) is 0. The lowest BCUT2D eigenvalue weighted by atomic mass is 9.76. The smallest absolute Gasteiger partial charge is 0.271 e. The van der Waals surface area contributed by atoms with Crippen molar-refractivity contribution >= 4 is 15.9 Å². The molecule has 0 spiro atoms. The van der Waals surface area contributed by atoms with E-state index in [9.17, 15) is 13.2 Å². The molecule has 6 heteroatoms. The molecule has 0 heterocycles. The van der Waals surface area contributed by atoms with Crippen LogP contribution in [0.4, 0.5) is 13.2 Å². The summed E-state index contributed by atoms with van der Waals surface area (Å²) in [5, 5.41) is 0. The van der Waals surface area contributed by atoms with E-state index in [0.717, 1.165) is 16.5 Å². The van der Waals surface area contributed by atoms with Gasteiger partial charge in [-0.1, -0.05) is 40.5 Å². The maximum Gasteiger partial charge on any atom is 0.391 e.